The van der Waals surface area contributed by atoms with E-state index >= 15 is 0 Å². The molecule has 2 saturated carbocycles. The van der Waals surface area contributed by atoms with Crippen LogP contribution in [-0.2, 0) is 0 Å². The Labute approximate surface area is 114 Å². The van der Waals surface area contributed by atoms with Crippen LogP contribution in [-0.4, -0.2) is 18.9 Å². The van der Waals surface area contributed by atoms with E-state index in [-0.39, 0.29) is 16.5 Å². The second-order valence-corrected chi connectivity index (χ2v) is 7.05. The third kappa shape index (κ3) is 1.70. The Hall–Kier alpha value is -0.0151. The van der Waals surface area contributed by atoms with Crippen LogP contribution in [0.5, 0.6) is 0 Å². The zero-order valence-electron chi connectivity index (χ0n) is 12.6. The Morgan fingerprint density at radius 3 is 2.33 bits per heavy atom. The smallest absolute Gasteiger partial charge is 0.106 e. The first-order valence-electron chi connectivity index (χ1n) is 8.03. The summed E-state index contributed by atoms with van der Waals surface area (Å²) in [6.45, 7) is 4.58. The SMILES string of the molecule is BC1CC2(N)CCCCCC(N)(CCC)C12CC. The fraction of sp³-hybridized carbons (Fsp3) is 1.00. The minimum Gasteiger partial charge on any atom is -0.325 e. The highest BCUT2D eigenvalue weighted by atomic mass is 15.0. The Balaban J connectivity index is 2.40. The predicted octanol–water partition coefficient (Wildman–Crippen LogP) is 2.37. The molecule has 2 nitrogen and oxygen atoms in total. The first kappa shape index (κ1) is 14.4. The van der Waals surface area contributed by atoms with Crippen LogP contribution in [0.4, 0.5) is 0 Å². The molecule has 4 atom stereocenters. The molecule has 0 heterocycles. The quantitative estimate of drug-likeness (QED) is 0.755. The first-order valence-corrected chi connectivity index (χ1v) is 8.03. The van der Waals surface area contributed by atoms with E-state index in [2.05, 4.69) is 21.7 Å². The van der Waals surface area contributed by atoms with E-state index in [1.165, 1.54) is 44.9 Å². The van der Waals surface area contributed by atoms with E-state index in [0.717, 1.165) is 12.8 Å². The molecule has 4 N–H and O–H groups in total. The van der Waals surface area contributed by atoms with E-state index in [4.69, 9.17) is 11.5 Å². The van der Waals surface area contributed by atoms with Crippen molar-refractivity contribution in [1.82, 2.24) is 0 Å². The maximum Gasteiger partial charge on any atom is 0.106 e. The average molecular weight is 250 g/mol. The molecule has 0 spiro atoms. The largest absolute Gasteiger partial charge is 0.325 e. The van der Waals surface area contributed by atoms with Crippen molar-refractivity contribution >= 4 is 7.85 Å². The van der Waals surface area contributed by atoms with Gasteiger partial charge in [0.25, 0.3) is 0 Å². The highest BCUT2D eigenvalue weighted by Crippen LogP contribution is 2.66. The number of hydrogen-bond acceptors (Lipinski definition) is 2. The monoisotopic (exact) mass is 250 g/mol. The van der Waals surface area contributed by atoms with Gasteiger partial charge in [-0.25, -0.2) is 0 Å². The maximum atomic E-state index is 6.97. The summed E-state index contributed by atoms with van der Waals surface area (Å²) < 4.78 is 0. The van der Waals surface area contributed by atoms with Crippen molar-refractivity contribution in [3.8, 4) is 0 Å². The third-order valence-corrected chi connectivity index (χ3v) is 6.29. The fourth-order valence-corrected chi connectivity index (χ4v) is 5.70. The molecule has 2 fully saturated rings. The van der Waals surface area contributed by atoms with Gasteiger partial charge in [0.05, 0.1) is 0 Å². The van der Waals surface area contributed by atoms with Gasteiger partial charge in [-0.1, -0.05) is 45.3 Å². The molecule has 2 rings (SSSR count). The van der Waals surface area contributed by atoms with Crippen LogP contribution >= 0.6 is 0 Å². The van der Waals surface area contributed by atoms with Crippen molar-refractivity contribution in [2.24, 2.45) is 16.9 Å². The molecule has 2 aliphatic carbocycles. The Morgan fingerprint density at radius 1 is 1.11 bits per heavy atom. The number of fused-ring (bicyclic) bond motifs is 1. The first-order chi connectivity index (χ1) is 8.46. The topological polar surface area (TPSA) is 52.0 Å². The predicted molar refractivity (Wildman–Crippen MR) is 81.5 cm³/mol. The summed E-state index contributed by atoms with van der Waals surface area (Å²) in [6.07, 6.45) is 10.9. The molecule has 0 aliphatic heterocycles. The Bertz CT molecular complexity index is 309. The lowest BCUT2D eigenvalue weighted by Crippen LogP contribution is -2.77. The zero-order valence-corrected chi connectivity index (χ0v) is 12.6. The molecule has 0 saturated heterocycles. The molecular formula is C15H31BN2. The molecule has 0 bridgehead atoms. The van der Waals surface area contributed by atoms with Crippen molar-refractivity contribution in [2.45, 2.75) is 88.5 Å². The van der Waals surface area contributed by atoms with Crippen LogP contribution in [0.1, 0.15) is 71.6 Å². The Kier molecular flexibility index (Phi) is 3.86. The summed E-state index contributed by atoms with van der Waals surface area (Å²) >= 11 is 0. The highest BCUT2D eigenvalue weighted by molar-refractivity contribution is 6.13. The molecule has 0 amide bonds. The molecule has 0 aromatic carbocycles. The van der Waals surface area contributed by atoms with Crippen LogP contribution in [0.3, 0.4) is 0 Å². The van der Waals surface area contributed by atoms with Gasteiger partial charge in [0.15, 0.2) is 0 Å². The van der Waals surface area contributed by atoms with Gasteiger partial charge in [-0.05, 0) is 32.1 Å². The van der Waals surface area contributed by atoms with E-state index in [0.29, 0.717) is 5.82 Å². The second-order valence-electron chi connectivity index (χ2n) is 7.05. The second kappa shape index (κ2) is 4.83. The molecule has 0 aromatic heterocycles. The van der Waals surface area contributed by atoms with Gasteiger partial charge >= 0.3 is 0 Å². The normalized spacial score (nSPS) is 48.8. The minimum atomic E-state index is -0.0245. The van der Waals surface area contributed by atoms with Crippen LogP contribution in [0.2, 0.25) is 5.82 Å². The lowest BCUT2D eigenvalue weighted by molar-refractivity contribution is -0.0937. The summed E-state index contributed by atoms with van der Waals surface area (Å²) in [7, 11) is 2.38. The molecule has 0 radical (unpaired) electrons. The summed E-state index contributed by atoms with van der Waals surface area (Å²) in [5.74, 6) is 0.696. The van der Waals surface area contributed by atoms with Crippen molar-refractivity contribution in [3.05, 3.63) is 0 Å². The van der Waals surface area contributed by atoms with Crippen molar-refractivity contribution in [1.29, 1.82) is 0 Å². The molecular weight excluding hydrogens is 219 g/mol. The van der Waals surface area contributed by atoms with Crippen molar-refractivity contribution in [2.75, 3.05) is 0 Å². The van der Waals surface area contributed by atoms with E-state index in [1.54, 1.807) is 0 Å². The summed E-state index contributed by atoms with van der Waals surface area (Å²) in [4.78, 5) is 0. The molecule has 18 heavy (non-hydrogen) atoms. The fourth-order valence-electron chi connectivity index (χ4n) is 5.70. The summed E-state index contributed by atoms with van der Waals surface area (Å²) in [6, 6.07) is 0. The maximum absolute atomic E-state index is 6.97. The van der Waals surface area contributed by atoms with E-state index < -0.39 is 0 Å². The van der Waals surface area contributed by atoms with E-state index in [1.807, 2.05) is 0 Å². The molecule has 2 aliphatic rings. The number of rotatable bonds is 3. The van der Waals surface area contributed by atoms with Gasteiger partial charge < -0.3 is 11.5 Å². The molecule has 3 heteroatoms. The summed E-state index contributed by atoms with van der Waals surface area (Å²) in [5.41, 5.74) is 14.0. The summed E-state index contributed by atoms with van der Waals surface area (Å²) in [5, 5.41) is 0. The van der Waals surface area contributed by atoms with Gasteiger partial charge in [0.1, 0.15) is 7.85 Å². The van der Waals surface area contributed by atoms with Crippen molar-refractivity contribution in [3.63, 3.8) is 0 Å². The standard InChI is InChI=1S/C15H31BN2/c1-3-8-13(17)9-6-5-7-10-14(18)11-12(16)15(13,14)4-2/h12H,3-11,16-18H2,1-2H3. The van der Waals surface area contributed by atoms with Crippen LogP contribution in [0, 0.1) is 5.41 Å². The van der Waals surface area contributed by atoms with Crippen LogP contribution in [0.25, 0.3) is 0 Å². The van der Waals surface area contributed by atoms with Gasteiger partial charge in [0.2, 0.25) is 0 Å². The molecule has 0 aromatic rings. The number of nitrogens with two attached hydrogens (primary N) is 2. The molecule has 104 valence electrons. The van der Waals surface area contributed by atoms with Crippen LogP contribution in [0.15, 0.2) is 0 Å². The van der Waals surface area contributed by atoms with Gasteiger partial charge in [-0.2, -0.15) is 0 Å². The zero-order chi connectivity index (χ0) is 13.4. The number of hydrogen-bond donors (Lipinski definition) is 2. The molecule has 4 unspecified atom stereocenters. The van der Waals surface area contributed by atoms with Gasteiger partial charge in [-0.15, -0.1) is 0 Å². The van der Waals surface area contributed by atoms with Crippen LogP contribution < -0.4 is 11.5 Å². The Morgan fingerprint density at radius 2 is 1.78 bits per heavy atom. The van der Waals surface area contributed by atoms with Crippen molar-refractivity contribution < 1.29 is 0 Å². The highest BCUT2D eigenvalue weighted by Gasteiger charge is 2.67. The average Bonchev–Trinajstić information content (AvgIpc) is 2.28. The van der Waals surface area contributed by atoms with Gasteiger partial charge in [0, 0.05) is 16.5 Å². The lowest BCUT2D eigenvalue weighted by atomic mass is 9.34. The van der Waals surface area contributed by atoms with E-state index in [9.17, 15) is 0 Å². The third-order valence-electron chi connectivity index (χ3n) is 6.29. The van der Waals surface area contributed by atoms with Gasteiger partial charge in [-0.3, -0.25) is 0 Å². The lowest BCUT2D eigenvalue weighted by Gasteiger charge is -2.70. The minimum absolute atomic E-state index is 0.0194.